The van der Waals surface area contributed by atoms with Gasteiger partial charge in [-0.2, -0.15) is 0 Å². The first-order chi connectivity index (χ1) is 15.8. The average Bonchev–Trinajstić information content (AvgIpc) is 3.35. The van der Waals surface area contributed by atoms with Gasteiger partial charge in [0.1, 0.15) is 6.34 Å². The average molecular weight is 418 g/mol. The Balaban J connectivity index is 1.29. The summed E-state index contributed by atoms with van der Waals surface area (Å²) in [7, 11) is 0. The molecule has 1 aliphatic heterocycles. The van der Waals surface area contributed by atoms with E-state index in [1.807, 2.05) is 24.3 Å². The van der Waals surface area contributed by atoms with Crippen molar-refractivity contribution in [2.45, 2.75) is 12.8 Å². The van der Waals surface area contributed by atoms with Gasteiger partial charge in [0, 0.05) is 29.6 Å². The molecule has 0 radical (unpaired) electrons. The second-order valence-corrected chi connectivity index (χ2v) is 7.78. The first-order valence-corrected chi connectivity index (χ1v) is 10.7. The fourth-order valence-corrected chi connectivity index (χ4v) is 3.73. The molecule has 1 N–H and O–H groups in total. The number of aromatic nitrogens is 2. The Hall–Kier alpha value is -4.12. The molecule has 0 bridgehead atoms. The summed E-state index contributed by atoms with van der Waals surface area (Å²) in [5, 5.41) is 3.31. The molecule has 4 aromatic rings. The van der Waals surface area contributed by atoms with Crippen molar-refractivity contribution in [2.24, 2.45) is 9.98 Å². The molecule has 0 fully saturated rings. The van der Waals surface area contributed by atoms with Crippen LogP contribution in [0.1, 0.15) is 16.7 Å². The fourth-order valence-electron chi connectivity index (χ4n) is 3.73. The summed E-state index contributed by atoms with van der Waals surface area (Å²) in [4.78, 5) is 17.5. The first-order valence-electron chi connectivity index (χ1n) is 10.7. The van der Waals surface area contributed by atoms with Gasteiger partial charge in [-0.05, 0) is 47.4 Å². The van der Waals surface area contributed by atoms with Crippen LogP contribution in [0.4, 0.5) is 11.6 Å². The zero-order valence-corrected chi connectivity index (χ0v) is 17.6. The molecule has 0 spiro atoms. The van der Waals surface area contributed by atoms with Crippen LogP contribution in [0, 0.1) is 0 Å². The number of hydrogen-bond acceptors (Lipinski definition) is 5. The van der Waals surface area contributed by atoms with E-state index in [0.29, 0.717) is 12.5 Å². The SMILES string of the molecule is C1=NCC(Cc2ccc(Nc3nccc(-c4cccc(Cc5ccccc5)c4)n3)cc2)=N1. The van der Waals surface area contributed by atoms with Gasteiger partial charge in [-0.3, -0.25) is 4.99 Å². The van der Waals surface area contributed by atoms with E-state index >= 15 is 0 Å². The number of benzene rings is 3. The predicted molar refractivity (Wildman–Crippen MR) is 131 cm³/mol. The highest BCUT2D eigenvalue weighted by Gasteiger charge is 2.07. The largest absolute Gasteiger partial charge is 0.324 e. The third-order valence-electron chi connectivity index (χ3n) is 5.34. The van der Waals surface area contributed by atoms with Gasteiger partial charge in [-0.25, -0.2) is 15.0 Å². The van der Waals surface area contributed by atoms with Crippen molar-refractivity contribution in [1.29, 1.82) is 0 Å². The molecule has 1 aliphatic rings. The second kappa shape index (κ2) is 9.35. The van der Waals surface area contributed by atoms with Crippen LogP contribution < -0.4 is 5.32 Å². The maximum absolute atomic E-state index is 4.73. The smallest absolute Gasteiger partial charge is 0.227 e. The van der Waals surface area contributed by atoms with Crippen LogP contribution >= 0.6 is 0 Å². The predicted octanol–water partition coefficient (Wildman–Crippen LogP) is 5.50. The maximum atomic E-state index is 4.73. The van der Waals surface area contributed by atoms with Crippen molar-refractivity contribution >= 4 is 23.7 Å². The second-order valence-electron chi connectivity index (χ2n) is 7.78. The minimum atomic E-state index is 0.581. The molecular weight excluding hydrogens is 394 g/mol. The molecule has 0 saturated carbocycles. The topological polar surface area (TPSA) is 62.5 Å². The van der Waals surface area contributed by atoms with E-state index in [1.54, 1.807) is 12.5 Å². The lowest BCUT2D eigenvalue weighted by molar-refractivity contribution is 1.16. The fraction of sp³-hybridized carbons (Fsp3) is 0.111. The summed E-state index contributed by atoms with van der Waals surface area (Å²) >= 11 is 0. The number of rotatable bonds is 7. The van der Waals surface area contributed by atoms with Gasteiger partial charge >= 0.3 is 0 Å². The Morgan fingerprint density at radius 1 is 0.750 bits per heavy atom. The third-order valence-corrected chi connectivity index (χ3v) is 5.34. The van der Waals surface area contributed by atoms with Crippen LogP contribution in [0.15, 0.2) is 101 Å². The van der Waals surface area contributed by atoms with E-state index in [9.17, 15) is 0 Å². The molecule has 32 heavy (non-hydrogen) atoms. The minimum Gasteiger partial charge on any atom is -0.324 e. The molecule has 0 atom stereocenters. The minimum absolute atomic E-state index is 0.581. The van der Waals surface area contributed by atoms with Crippen LogP contribution in [0.2, 0.25) is 0 Å². The zero-order valence-electron chi connectivity index (χ0n) is 17.6. The number of aliphatic imine (C=N–C) groups is 2. The summed E-state index contributed by atoms with van der Waals surface area (Å²) < 4.78 is 0. The van der Waals surface area contributed by atoms with E-state index in [4.69, 9.17) is 4.98 Å². The van der Waals surface area contributed by atoms with Crippen molar-refractivity contribution < 1.29 is 0 Å². The highest BCUT2D eigenvalue weighted by atomic mass is 15.1. The zero-order chi connectivity index (χ0) is 21.6. The third kappa shape index (κ3) is 4.95. The number of nitrogens with one attached hydrogen (secondary N) is 1. The van der Waals surface area contributed by atoms with Gasteiger partial charge in [0.05, 0.1) is 12.2 Å². The summed E-state index contributed by atoms with van der Waals surface area (Å²) in [5.41, 5.74) is 7.79. The van der Waals surface area contributed by atoms with Crippen molar-refractivity contribution in [2.75, 3.05) is 11.9 Å². The highest BCUT2D eigenvalue weighted by Crippen LogP contribution is 2.22. The van der Waals surface area contributed by atoms with Gasteiger partial charge in [-0.15, -0.1) is 0 Å². The van der Waals surface area contributed by atoms with Crippen molar-refractivity contribution in [3.8, 4) is 11.3 Å². The van der Waals surface area contributed by atoms with E-state index in [-0.39, 0.29) is 0 Å². The standard InChI is InChI=1S/C27H23N5/c1-2-5-20(6-3-1)15-22-7-4-8-23(16-22)26-13-14-29-27(32-26)31-24-11-9-21(10-12-24)17-25-18-28-19-30-25/h1-14,16,19H,15,17-18H2,(H,29,31,32). The monoisotopic (exact) mass is 417 g/mol. The first kappa shape index (κ1) is 19.8. The molecule has 0 aliphatic carbocycles. The van der Waals surface area contributed by atoms with Crippen LogP contribution in [-0.4, -0.2) is 28.6 Å². The Morgan fingerprint density at radius 3 is 2.38 bits per heavy atom. The van der Waals surface area contributed by atoms with Gasteiger partial charge in [0.25, 0.3) is 0 Å². The molecule has 0 saturated heterocycles. The lowest BCUT2D eigenvalue weighted by Gasteiger charge is -2.09. The molecule has 5 nitrogen and oxygen atoms in total. The summed E-state index contributed by atoms with van der Waals surface area (Å²) in [6, 6.07) is 29.3. The Bertz CT molecular complexity index is 1260. The summed E-state index contributed by atoms with van der Waals surface area (Å²) in [5.74, 6) is 0.581. The van der Waals surface area contributed by atoms with Crippen LogP contribution in [-0.2, 0) is 12.8 Å². The van der Waals surface area contributed by atoms with Gasteiger partial charge in [-0.1, -0.05) is 60.7 Å². The molecule has 5 heteroatoms. The van der Waals surface area contributed by atoms with Crippen LogP contribution in [0.25, 0.3) is 11.3 Å². The van der Waals surface area contributed by atoms with E-state index in [0.717, 1.165) is 35.5 Å². The molecule has 1 aromatic heterocycles. The van der Waals surface area contributed by atoms with E-state index in [2.05, 4.69) is 80.9 Å². The molecule has 3 aromatic carbocycles. The summed E-state index contributed by atoms with van der Waals surface area (Å²) in [6.07, 6.45) is 5.15. The molecule has 5 rings (SSSR count). The lowest BCUT2D eigenvalue weighted by atomic mass is 10.0. The molecule has 0 amide bonds. The number of hydrogen-bond donors (Lipinski definition) is 1. The summed E-state index contributed by atoms with van der Waals surface area (Å²) in [6.45, 7) is 0.702. The van der Waals surface area contributed by atoms with Gasteiger partial charge in [0.15, 0.2) is 0 Å². The highest BCUT2D eigenvalue weighted by molar-refractivity contribution is 5.97. The van der Waals surface area contributed by atoms with E-state index in [1.165, 1.54) is 16.7 Å². The van der Waals surface area contributed by atoms with Crippen LogP contribution in [0.3, 0.4) is 0 Å². The van der Waals surface area contributed by atoms with Crippen molar-refractivity contribution in [1.82, 2.24) is 9.97 Å². The molecule has 0 unspecified atom stereocenters. The number of anilines is 2. The van der Waals surface area contributed by atoms with Gasteiger partial charge in [0.2, 0.25) is 5.95 Å². The van der Waals surface area contributed by atoms with E-state index < -0.39 is 0 Å². The van der Waals surface area contributed by atoms with Crippen LogP contribution in [0.5, 0.6) is 0 Å². The van der Waals surface area contributed by atoms with Crippen molar-refractivity contribution in [3.05, 3.63) is 108 Å². The molecule has 156 valence electrons. The number of nitrogens with zero attached hydrogens (tertiary/aromatic N) is 4. The molecule has 2 heterocycles. The van der Waals surface area contributed by atoms with Crippen molar-refractivity contribution in [3.63, 3.8) is 0 Å². The molecular formula is C27H23N5. The maximum Gasteiger partial charge on any atom is 0.227 e. The Labute approximate surface area is 187 Å². The lowest BCUT2D eigenvalue weighted by Crippen LogP contribution is -2.04. The van der Waals surface area contributed by atoms with Gasteiger partial charge < -0.3 is 5.32 Å². The quantitative estimate of drug-likeness (QED) is 0.432. The Kier molecular flexibility index (Phi) is 5.79. The normalized spacial score (nSPS) is 12.6. The Morgan fingerprint density at radius 2 is 1.56 bits per heavy atom.